The molecule has 2 heterocycles. The minimum atomic E-state index is -0.426. The van der Waals surface area contributed by atoms with Crippen LogP contribution in [0.5, 0.6) is 0 Å². The Morgan fingerprint density at radius 2 is 1.92 bits per heavy atom. The fraction of sp³-hybridized carbons (Fsp3) is 0.562. The summed E-state index contributed by atoms with van der Waals surface area (Å²) in [5.74, 6) is 0.605. The molecule has 0 spiro atoms. The number of aromatic nitrogens is 4. The van der Waals surface area contributed by atoms with Crippen LogP contribution >= 0.6 is 11.8 Å². The van der Waals surface area contributed by atoms with Gasteiger partial charge in [-0.25, -0.2) is 14.8 Å². The molecule has 0 aromatic carbocycles. The van der Waals surface area contributed by atoms with Crippen LogP contribution in [0, 0.1) is 11.3 Å². The van der Waals surface area contributed by atoms with E-state index in [9.17, 15) is 9.59 Å². The lowest BCUT2D eigenvalue weighted by atomic mass is 10.2. The van der Waals surface area contributed by atoms with Crippen LogP contribution in [0.4, 0.5) is 0 Å². The summed E-state index contributed by atoms with van der Waals surface area (Å²) in [6, 6.07) is 2.14. The summed E-state index contributed by atoms with van der Waals surface area (Å²) in [4.78, 5) is 34.1. The van der Waals surface area contributed by atoms with Gasteiger partial charge in [-0.1, -0.05) is 32.5 Å². The molecule has 0 fully saturated rings. The zero-order chi connectivity index (χ0) is 18.0. The molecule has 0 aliphatic carbocycles. The number of nitrogens with zero attached hydrogens (tertiary/aromatic N) is 5. The molecule has 8 heteroatoms. The molecule has 0 N–H and O–H groups in total. The van der Waals surface area contributed by atoms with Gasteiger partial charge in [-0.2, -0.15) is 5.26 Å². The van der Waals surface area contributed by atoms with Crippen LogP contribution in [0.25, 0.3) is 11.0 Å². The first-order valence-corrected chi connectivity index (χ1v) is 8.77. The Balaban J connectivity index is 2.97. The monoisotopic (exact) mass is 347 g/mol. The summed E-state index contributed by atoms with van der Waals surface area (Å²) < 4.78 is 2.60. The molecule has 1 atom stereocenters. The molecule has 0 saturated heterocycles. The second kappa shape index (κ2) is 7.18. The van der Waals surface area contributed by atoms with E-state index in [0.29, 0.717) is 28.4 Å². The van der Waals surface area contributed by atoms with Crippen molar-refractivity contribution < 1.29 is 0 Å². The molecular formula is C16H21N5O2S. The van der Waals surface area contributed by atoms with Crippen molar-refractivity contribution in [3.05, 3.63) is 26.7 Å². The van der Waals surface area contributed by atoms with Crippen molar-refractivity contribution in [2.45, 2.75) is 56.9 Å². The van der Waals surface area contributed by atoms with Crippen LogP contribution in [0.2, 0.25) is 0 Å². The van der Waals surface area contributed by atoms with Crippen molar-refractivity contribution in [3.63, 3.8) is 0 Å². The first kappa shape index (κ1) is 18.2. The molecule has 0 aliphatic heterocycles. The third-order valence-electron chi connectivity index (χ3n) is 3.60. The van der Waals surface area contributed by atoms with Crippen LogP contribution in [0.1, 0.15) is 45.9 Å². The summed E-state index contributed by atoms with van der Waals surface area (Å²) in [5.41, 5.74) is -0.450. The van der Waals surface area contributed by atoms with Gasteiger partial charge in [-0.15, -0.1) is 0 Å². The average Bonchev–Trinajstić information content (AvgIpc) is 2.55. The number of hydrogen-bond donors (Lipinski definition) is 0. The molecule has 2 aromatic heterocycles. The van der Waals surface area contributed by atoms with Gasteiger partial charge in [0.05, 0.1) is 11.3 Å². The topological polar surface area (TPSA) is 93.6 Å². The molecule has 2 aromatic rings. The summed E-state index contributed by atoms with van der Waals surface area (Å²) in [7, 11) is 1.45. The van der Waals surface area contributed by atoms with E-state index in [4.69, 9.17) is 5.26 Å². The third-order valence-corrected chi connectivity index (χ3v) is 4.58. The second-order valence-corrected chi connectivity index (χ2v) is 7.26. The lowest BCUT2D eigenvalue weighted by Gasteiger charge is -2.15. The van der Waals surface area contributed by atoms with E-state index in [-0.39, 0.29) is 16.9 Å². The number of rotatable bonds is 5. The molecule has 0 aliphatic rings. The van der Waals surface area contributed by atoms with Crippen LogP contribution in [-0.2, 0) is 13.6 Å². The van der Waals surface area contributed by atoms with Gasteiger partial charge in [0, 0.05) is 19.5 Å². The molecule has 0 radical (unpaired) electrons. The smallest absolute Gasteiger partial charge is 0.277 e. The molecule has 128 valence electrons. The summed E-state index contributed by atoms with van der Waals surface area (Å²) in [6.45, 7) is 8.08. The normalized spacial score (nSPS) is 12.5. The van der Waals surface area contributed by atoms with E-state index in [1.54, 1.807) is 6.92 Å². The summed E-state index contributed by atoms with van der Waals surface area (Å²) in [5, 5.41) is 9.51. The van der Waals surface area contributed by atoms with Gasteiger partial charge in [0.1, 0.15) is 16.2 Å². The maximum absolute atomic E-state index is 12.7. The number of fused-ring (bicyclic) bond motifs is 1. The predicted molar refractivity (Wildman–Crippen MR) is 94.4 cm³/mol. The molecule has 0 unspecified atom stereocenters. The van der Waals surface area contributed by atoms with Crippen molar-refractivity contribution in [1.82, 2.24) is 19.1 Å². The standard InChI is InChI=1S/C16H21N5O2S/c1-6-7-21-13-11(15(22)20(5)16(21)23)14(24-10(4)8-17)19-12(18-13)9(2)3/h9-10H,6-7H2,1-5H3/t10-/m0/s1. The van der Waals surface area contributed by atoms with Crippen molar-refractivity contribution in [3.8, 4) is 6.07 Å². The Hall–Kier alpha value is -2.14. The Morgan fingerprint density at radius 1 is 1.25 bits per heavy atom. The fourth-order valence-corrected chi connectivity index (χ4v) is 3.15. The van der Waals surface area contributed by atoms with E-state index >= 15 is 0 Å². The molecule has 0 saturated carbocycles. The maximum atomic E-state index is 12.7. The van der Waals surface area contributed by atoms with Gasteiger partial charge >= 0.3 is 5.69 Å². The van der Waals surface area contributed by atoms with E-state index in [2.05, 4.69) is 16.0 Å². The Labute approximate surface area is 144 Å². The molecular weight excluding hydrogens is 326 g/mol. The first-order chi connectivity index (χ1) is 11.3. The van der Waals surface area contributed by atoms with Crippen molar-refractivity contribution in [2.75, 3.05) is 0 Å². The van der Waals surface area contributed by atoms with Crippen LogP contribution < -0.4 is 11.2 Å². The Kier molecular flexibility index (Phi) is 5.44. The molecule has 0 bridgehead atoms. The molecule has 0 amide bonds. The van der Waals surface area contributed by atoms with Crippen LogP contribution in [-0.4, -0.2) is 24.4 Å². The molecule has 24 heavy (non-hydrogen) atoms. The molecule has 2 rings (SSSR count). The highest BCUT2D eigenvalue weighted by molar-refractivity contribution is 8.00. The SMILES string of the molecule is CCCn1c(=O)n(C)c(=O)c2c(S[C@@H](C)C#N)nc(C(C)C)nc21. The number of hydrogen-bond acceptors (Lipinski definition) is 6. The van der Waals surface area contributed by atoms with E-state index in [1.807, 2.05) is 20.8 Å². The largest absolute Gasteiger partial charge is 0.332 e. The second-order valence-electron chi connectivity index (χ2n) is 5.93. The van der Waals surface area contributed by atoms with E-state index in [0.717, 1.165) is 11.0 Å². The minimum absolute atomic E-state index is 0.0420. The quantitative estimate of drug-likeness (QED) is 0.607. The van der Waals surface area contributed by atoms with Gasteiger partial charge in [0.2, 0.25) is 0 Å². The Bertz CT molecular complexity index is 923. The lowest BCUT2D eigenvalue weighted by Crippen LogP contribution is -2.39. The number of aryl methyl sites for hydroxylation is 1. The summed E-state index contributed by atoms with van der Waals surface area (Å²) in [6.07, 6.45) is 0.741. The van der Waals surface area contributed by atoms with Crippen LogP contribution in [0.3, 0.4) is 0 Å². The van der Waals surface area contributed by atoms with Gasteiger partial charge in [-0.05, 0) is 13.3 Å². The highest BCUT2D eigenvalue weighted by Crippen LogP contribution is 2.27. The van der Waals surface area contributed by atoms with Gasteiger partial charge < -0.3 is 0 Å². The van der Waals surface area contributed by atoms with Crippen molar-refractivity contribution in [2.24, 2.45) is 7.05 Å². The zero-order valence-electron chi connectivity index (χ0n) is 14.5. The number of nitriles is 1. The highest BCUT2D eigenvalue weighted by atomic mass is 32.2. The Morgan fingerprint density at radius 3 is 2.46 bits per heavy atom. The highest BCUT2D eigenvalue weighted by Gasteiger charge is 2.20. The van der Waals surface area contributed by atoms with Crippen molar-refractivity contribution >= 4 is 22.8 Å². The maximum Gasteiger partial charge on any atom is 0.332 e. The minimum Gasteiger partial charge on any atom is -0.277 e. The fourth-order valence-electron chi connectivity index (χ4n) is 2.32. The lowest BCUT2D eigenvalue weighted by molar-refractivity contribution is 0.603. The number of thioether (sulfide) groups is 1. The molecule has 7 nitrogen and oxygen atoms in total. The van der Waals surface area contributed by atoms with Gasteiger partial charge in [0.25, 0.3) is 5.56 Å². The van der Waals surface area contributed by atoms with Crippen molar-refractivity contribution in [1.29, 1.82) is 5.26 Å². The van der Waals surface area contributed by atoms with Crippen LogP contribution in [0.15, 0.2) is 14.6 Å². The van der Waals surface area contributed by atoms with Gasteiger partial charge in [-0.3, -0.25) is 13.9 Å². The van der Waals surface area contributed by atoms with E-state index in [1.165, 1.54) is 23.4 Å². The zero-order valence-corrected chi connectivity index (χ0v) is 15.3. The van der Waals surface area contributed by atoms with Gasteiger partial charge in [0.15, 0.2) is 5.65 Å². The summed E-state index contributed by atoms with van der Waals surface area (Å²) >= 11 is 1.22. The third kappa shape index (κ3) is 3.22. The predicted octanol–water partition coefficient (Wildman–Crippen LogP) is 2.03. The average molecular weight is 347 g/mol. The van der Waals surface area contributed by atoms with E-state index < -0.39 is 5.56 Å². The first-order valence-electron chi connectivity index (χ1n) is 7.89.